The van der Waals surface area contributed by atoms with Crippen molar-refractivity contribution in [2.24, 2.45) is 22.1 Å². The Bertz CT molecular complexity index is 1990. The van der Waals surface area contributed by atoms with E-state index in [-0.39, 0.29) is 24.3 Å². The summed E-state index contributed by atoms with van der Waals surface area (Å²) in [6.45, 7) is 3.51. The number of carbonyl (C=O) groups is 1. The van der Waals surface area contributed by atoms with Gasteiger partial charge in [0.15, 0.2) is 17.7 Å². The van der Waals surface area contributed by atoms with Gasteiger partial charge in [0.25, 0.3) is 0 Å². The summed E-state index contributed by atoms with van der Waals surface area (Å²) in [4.78, 5) is 19.9. The fourth-order valence-corrected chi connectivity index (χ4v) is 9.05. The lowest BCUT2D eigenvalue weighted by molar-refractivity contribution is -0.121. The van der Waals surface area contributed by atoms with Gasteiger partial charge in [-0.25, -0.2) is 0 Å². The average Bonchev–Trinajstić information content (AvgIpc) is 3.89. The summed E-state index contributed by atoms with van der Waals surface area (Å²) in [7, 11) is 0. The second-order valence-electron chi connectivity index (χ2n) is 15.6. The molecule has 276 valence electrons. The van der Waals surface area contributed by atoms with E-state index >= 15 is 0 Å². The molecule has 0 radical (unpaired) electrons. The first-order valence-electron chi connectivity index (χ1n) is 19.6. The van der Waals surface area contributed by atoms with Crippen molar-refractivity contribution in [3.63, 3.8) is 0 Å². The van der Waals surface area contributed by atoms with Crippen molar-refractivity contribution in [3.8, 4) is 35.4 Å². The molecule has 9 nitrogen and oxygen atoms in total. The Labute approximate surface area is 312 Å². The fraction of sp³-hybridized carbons (Fsp3) is 0.500. The number of aryl methyl sites for hydroxylation is 1. The predicted octanol–water partition coefficient (Wildman–Crippen LogP) is 5.69. The molecule has 5 heterocycles. The molecule has 1 fully saturated rings. The molecule has 0 aromatic heterocycles. The smallest absolute Gasteiger partial charge is 0.187 e. The van der Waals surface area contributed by atoms with Gasteiger partial charge in [-0.05, 0) is 77.6 Å². The lowest BCUT2D eigenvalue weighted by Gasteiger charge is -2.39. The minimum absolute atomic E-state index is 0.0541. The minimum atomic E-state index is -1.01. The molecule has 6 aliphatic rings. The maximum absolute atomic E-state index is 12.8. The van der Waals surface area contributed by atoms with E-state index in [1.165, 1.54) is 5.56 Å². The lowest BCUT2D eigenvalue weighted by Crippen LogP contribution is -2.47. The number of fused-ring (bicyclic) bond motifs is 8. The van der Waals surface area contributed by atoms with Gasteiger partial charge in [-0.15, -0.1) is 0 Å². The van der Waals surface area contributed by atoms with E-state index in [4.69, 9.17) is 20.2 Å². The third-order valence-corrected chi connectivity index (χ3v) is 12.0. The molecule has 0 amide bonds. The van der Waals surface area contributed by atoms with Crippen LogP contribution in [0.2, 0.25) is 0 Å². The molecule has 1 aliphatic carbocycles. The number of Topliss-reactive ketones (excluding diaryl/α,β-unsaturated/α-hetero) is 1. The Morgan fingerprint density at radius 1 is 1.13 bits per heavy atom. The number of nitrogens with zero attached hydrogens (tertiary/aromatic N) is 2. The van der Waals surface area contributed by atoms with Crippen molar-refractivity contribution in [2.45, 2.75) is 115 Å². The van der Waals surface area contributed by atoms with Gasteiger partial charge >= 0.3 is 0 Å². The molecule has 2 aromatic rings. The highest BCUT2D eigenvalue weighted by Crippen LogP contribution is 2.49. The topological polar surface area (TPSA) is 130 Å². The molecule has 2 aromatic carbocycles. The summed E-state index contributed by atoms with van der Waals surface area (Å²) >= 11 is 0. The normalized spacial score (nSPS) is 25.2. The Hall–Kier alpha value is -4.38. The predicted molar refractivity (Wildman–Crippen MR) is 204 cm³/mol. The van der Waals surface area contributed by atoms with Crippen LogP contribution in [0.3, 0.4) is 0 Å². The molecule has 1 spiro atoms. The Morgan fingerprint density at radius 3 is 2.83 bits per heavy atom. The maximum atomic E-state index is 12.8. The maximum Gasteiger partial charge on any atom is 0.187 e. The zero-order chi connectivity index (χ0) is 36.5. The molecule has 53 heavy (non-hydrogen) atoms. The highest BCUT2D eigenvalue weighted by Gasteiger charge is 2.48. The first-order valence-corrected chi connectivity index (χ1v) is 19.6. The van der Waals surface area contributed by atoms with Gasteiger partial charge in [0, 0.05) is 50.3 Å². The molecule has 5 N–H and O–H groups in total. The largest absolute Gasteiger partial charge is 0.465 e. The van der Waals surface area contributed by atoms with E-state index in [0.29, 0.717) is 43.7 Å². The zero-order valence-electron chi connectivity index (χ0n) is 30.6. The van der Waals surface area contributed by atoms with Crippen molar-refractivity contribution >= 4 is 12.0 Å². The summed E-state index contributed by atoms with van der Waals surface area (Å²) in [5.74, 6) is 11.2. The van der Waals surface area contributed by atoms with E-state index in [1.54, 1.807) is 0 Å². The molecule has 0 saturated heterocycles. The summed E-state index contributed by atoms with van der Waals surface area (Å²) in [5, 5.41) is 25.7. The molecule has 9 heteroatoms. The first kappa shape index (κ1) is 35.6. The molecule has 5 aliphatic heterocycles. The lowest BCUT2D eigenvalue weighted by atomic mass is 9.73. The molecular formula is C44H50N4O5. The summed E-state index contributed by atoms with van der Waals surface area (Å²) < 4.78 is 13.2. The minimum Gasteiger partial charge on any atom is -0.465 e. The Morgan fingerprint density at radius 2 is 1.98 bits per heavy atom. The second-order valence-corrected chi connectivity index (χ2v) is 15.6. The van der Waals surface area contributed by atoms with Crippen LogP contribution < -0.4 is 20.5 Å². The van der Waals surface area contributed by atoms with Crippen LogP contribution in [0.4, 0.5) is 0 Å². The fourth-order valence-electron chi connectivity index (χ4n) is 9.05. The van der Waals surface area contributed by atoms with Crippen LogP contribution in [0.1, 0.15) is 111 Å². The average molecular weight is 715 g/mol. The first-order chi connectivity index (χ1) is 25.8. The van der Waals surface area contributed by atoms with Crippen LogP contribution in [0, 0.1) is 35.2 Å². The van der Waals surface area contributed by atoms with E-state index in [9.17, 15) is 15.0 Å². The molecular weight excluding hydrogens is 665 g/mol. The number of ketones is 1. The van der Waals surface area contributed by atoms with Crippen molar-refractivity contribution in [2.75, 3.05) is 13.1 Å². The number of nitrogens with two attached hydrogens (primary N) is 1. The Kier molecular flexibility index (Phi) is 10.2. The third-order valence-electron chi connectivity index (χ3n) is 12.0. The number of aliphatic hydroxyl groups is 2. The van der Waals surface area contributed by atoms with Gasteiger partial charge in [-0.2, -0.15) is 0 Å². The van der Waals surface area contributed by atoms with Gasteiger partial charge in [0.05, 0.1) is 29.3 Å². The van der Waals surface area contributed by atoms with E-state index in [1.807, 2.05) is 36.5 Å². The highest BCUT2D eigenvalue weighted by molar-refractivity contribution is 5.88. The second kappa shape index (κ2) is 15.2. The van der Waals surface area contributed by atoms with Gasteiger partial charge in [0.1, 0.15) is 18.0 Å². The Balaban J connectivity index is 1.15. The SMILES string of the molecule is CCCCC[C@@H](O)CC(=O)CCc1ccc2c(c1)O[C@@H]1[C@@H](C#C[C@H](O)c3ccc4c(c3CC3=C5CN1C=C5N=C3)CCN[C@@H]4N)C1(C#CO2)CCCC1. The van der Waals surface area contributed by atoms with Crippen LogP contribution >= 0.6 is 0 Å². The summed E-state index contributed by atoms with van der Waals surface area (Å²) in [6, 6.07) is 9.82. The quantitative estimate of drug-likeness (QED) is 0.193. The number of hydrogen-bond donors (Lipinski definition) is 4. The van der Waals surface area contributed by atoms with Crippen LogP contribution in [-0.4, -0.2) is 52.5 Å². The van der Waals surface area contributed by atoms with Crippen molar-refractivity contribution in [3.05, 3.63) is 81.2 Å². The number of aliphatic imine (C=N–C) groups is 1. The van der Waals surface area contributed by atoms with Gasteiger partial charge in [-0.3, -0.25) is 15.1 Å². The van der Waals surface area contributed by atoms with Crippen LogP contribution in [0.25, 0.3) is 0 Å². The molecule has 5 atom stereocenters. The van der Waals surface area contributed by atoms with Crippen molar-refractivity contribution < 1.29 is 24.5 Å². The number of ether oxygens (including phenoxy) is 2. The van der Waals surface area contributed by atoms with Crippen molar-refractivity contribution in [1.29, 1.82) is 0 Å². The van der Waals surface area contributed by atoms with Crippen LogP contribution in [0.15, 0.2) is 58.4 Å². The number of aliphatic hydroxyl groups excluding tert-OH is 2. The van der Waals surface area contributed by atoms with Crippen LogP contribution in [0.5, 0.6) is 11.5 Å². The summed E-state index contributed by atoms with van der Waals surface area (Å²) in [6.07, 6.45) is 14.7. The molecule has 0 unspecified atom stereocenters. The van der Waals surface area contributed by atoms with E-state index in [0.717, 1.165) is 97.0 Å². The number of rotatable bonds is 9. The number of unbranched alkanes of at least 4 members (excludes halogenated alkanes) is 2. The molecule has 2 bridgehead atoms. The van der Waals surface area contributed by atoms with E-state index < -0.39 is 23.9 Å². The monoisotopic (exact) mass is 714 g/mol. The standard InChI is InChI=1S/C44H50N4O5/c1-2-3-4-7-30(49)24-31(50)10-8-28-9-15-40-41(22-28)53-43-37(44(19-21-52-40)17-5-6-18-44)13-14-39(51)33-11-12-34-32(16-20-46-42(34)45)35(33)23-29-25-47-38-27-48(43)26-36(29)38/h9,11-12,15,22,25,27,30,37,39,42-43,46,49,51H,2-8,10,16-18,20,23-24,26,45H2,1H3/t30-,37-,39+,42+,43-/m1/s1. The highest BCUT2D eigenvalue weighted by atomic mass is 16.5. The summed E-state index contributed by atoms with van der Waals surface area (Å²) in [5.41, 5.74) is 14.3. The van der Waals surface area contributed by atoms with Crippen LogP contribution in [-0.2, 0) is 24.1 Å². The van der Waals surface area contributed by atoms with Gasteiger partial charge < -0.3 is 30.3 Å². The number of nitrogens with one attached hydrogen (secondary N) is 1. The van der Waals surface area contributed by atoms with Gasteiger partial charge in [-0.1, -0.05) is 75.0 Å². The molecule has 8 rings (SSSR count). The molecule has 1 saturated carbocycles. The van der Waals surface area contributed by atoms with E-state index in [2.05, 4.69) is 47.2 Å². The van der Waals surface area contributed by atoms with Gasteiger partial charge in [0.2, 0.25) is 0 Å². The zero-order valence-corrected chi connectivity index (χ0v) is 30.6. The number of hydrogen-bond acceptors (Lipinski definition) is 9. The number of allylic oxidation sites excluding steroid dienone is 1. The number of benzene rings is 2. The third kappa shape index (κ3) is 7.16. The number of carbonyl (C=O) groups excluding carboxylic acids is 1. The van der Waals surface area contributed by atoms with Crippen molar-refractivity contribution in [1.82, 2.24) is 10.2 Å².